The van der Waals surface area contributed by atoms with Gasteiger partial charge in [-0.3, -0.25) is 4.98 Å². The largest absolute Gasteiger partial charge is 0.493 e. The van der Waals surface area contributed by atoms with Gasteiger partial charge in [-0.2, -0.15) is 0 Å². The number of hydrogen-bond donors (Lipinski definition) is 0. The number of methoxy groups -OCH3 is 2. The average molecular weight is 324 g/mol. The Labute approximate surface area is 120 Å². The predicted molar refractivity (Wildman–Crippen MR) is 75.8 cm³/mol. The van der Waals surface area contributed by atoms with Gasteiger partial charge in [0.15, 0.2) is 11.5 Å². The molecule has 0 saturated heterocycles. The Balaban J connectivity index is 2.13. The number of hydrogen-bond acceptors (Lipinski definition) is 4. The molecule has 2 aromatic rings. The van der Waals surface area contributed by atoms with Gasteiger partial charge in [0.2, 0.25) is 0 Å². The molecular formula is C14H14BrNO3. The molecule has 0 unspecified atom stereocenters. The van der Waals surface area contributed by atoms with Gasteiger partial charge >= 0.3 is 0 Å². The first kappa shape index (κ1) is 13.7. The maximum absolute atomic E-state index is 5.67. The topological polar surface area (TPSA) is 40.6 Å². The van der Waals surface area contributed by atoms with Crippen LogP contribution >= 0.6 is 15.9 Å². The van der Waals surface area contributed by atoms with Crippen LogP contribution < -0.4 is 14.2 Å². The van der Waals surface area contributed by atoms with Gasteiger partial charge in [-0.25, -0.2) is 0 Å². The van der Waals surface area contributed by atoms with Gasteiger partial charge in [0.25, 0.3) is 0 Å². The van der Waals surface area contributed by atoms with Crippen molar-refractivity contribution in [2.24, 2.45) is 0 Å². The average Bonchev–Trinajstić information content (AvgIpc) is 2.46. The summed E-state index contributed by atoms with van der Waals surface area (Å²) in [4.78, 5) is 4.25. The fraction of sp³-hybridized carbons (Fsp3) is 0.214. The highest BCUT2D eigenvalue weighted by molar-refractivity contribution is 9.10. The molecule has 0 radical (unpaired) electrons. The lowest BCUT2D eigenvalue weighted by atomic mass is 10.3. The summed E-state index contributed by atoms with van der Waals surface area (Å²) < 4.78 is 17.2. The van der Waals surface area contributed by atoms with Crippen molar-refractivity contribution in [1.82, 2.24) is 4.98 Å². The summed E-state index contributed by atoms with van der Waals surface area (Å²) in [5.41, 5.74) is 0.699. The van der Waals surface area contributed by atoms with Crippen LogP contribution in [0.15, 0.2) is 41.0 Å². The smallest absolute Gasteiger partial charge is 0.185 e. The minimum absolute atomic E-state index is 0.321. The van der Waals surface area contributed by atoms with Crippen LogP contribution in [0.25, 0.3) is 0 Å². The minimum Gasteiger partial charge on any atom is -0.493 e. The molecule has 0 saturated carbocycles. The Morgan fingerprint density at radius 3 is 2.42 bits per heavy atom. The van der Waals surface area contributed by atoms with Gasteiger partial charge in [-0.1, -0.05) is 15.9 Å². The number of pyridine rings is 1. The highest BCUT2D eigenvalue weighted by Gasteiger charge is 2.11. The zero-order valence-electron chi connectivity index (χ0n) is 10.7. The second-order valence-corrected chi connectivity index (χ2v) is 4.65. The van der Waals surface area contributed by atoms with Crippen molar-refractivity contribution < 1.29 is 14.2 Å². The SMILES string of the molecule is COc1ccnc(COc2ccc(Br)cc2)c1OC. The molecule has 0 atom stereocenters. The van der Waals surface area contributed by atoms with E-state index in [-0.39, 0.29) is 0 Å². The van der Waals surface area contributed by atoms with E-state index in [4.69, 9.17) is 14.2 Å². The lowest BCUT2D eigenvalue weighted by Crippen LogP contribution is -2.03. The molecule has 1 aromatic carbocycles. The third kappa shape index (κ3) is 3.38. The summed E-state index contributed by atoms with van der Waals surface area (Å²) in [5, 5.41) is 0. The van der Waals surface area contributed by atoms with Crippen molar-refractivity contribution >= 4 is 15.9 Å². The molecule has 1 heterocycles. The molecule has 0 fully saturated rings. The summed E-state index contributed by atoms with van der Waals surface area (Å²) in [5.74, 6) is 2.02. The van der Waals surface area contributed by atoms with E-state index in [1.54, 1.807) is 26.5 Å². The van der Waals surface area contributed by atoms with Crippen LogP contribution in [-0.2, 0) is 6.61 Å². The maximum atomic E-state index is 5.67. The lowest BCUT2D eigenvalue weighted by Gasteiger charge is -2.12. The zero-order valence-corrected chi connectivity index (χ0v) is 12.3. The molecule has 0 aliphatic heterocycles. The lowest BCUT2D eigenvalue weighted by molar-refractivity contribution is 0.285. The van der Waals surface area contributed by atoms with E-state index in [1.807, 2.05) is 24.3 Å². The van der Waals surface area contributed by atoms with Gasteiger partial charge in [0, 0.05) is 16.7 Å². The fourth-order valence-corrected chi connectivity index (χ4v) is 1.90. The summed E-state index contributed by atoms with van der Waals surface area (Å²) in [6, 6.07) is 9.37. The first-order valence-electron chi connectivity index (χ1n) is 5.69. The molecule has 4 nitrogen and oxygen atoms in total. The standard InChI is InChI=1S/C14H14BrNO3/c1-17-13-7-8-16-12(14(13)18-2)9-19-11-5-3-10(15)4-6-11/h3-8H,9H2,1-2H3. The Bertz CT molecular complexity index is 543. The molecule has 0 aliphatic rings. The first-order chi connectivity index (χ1) is 9.24. The molecule has 0 spiro atoms. The first-order valence-corrected chi connectivity index (χ1v) is 6.48. The number of rotatable bonds is 5. The fourth-order valence-electron chi connectivity index (χ4n) is 1.64. The van der Waals surface area contributed by atoms with Crippen molar-refractivity contribution in [2.75, 3.05) is 14.2 Å². The summed E-state index contributed by atoms with van der Waals surface area (Å²) in [7, 11) is 3.18. The summed E-state index contributed by atoms with van der Waals surface area (Å²) in [6.45, 7) is 0.321. The molecule has 100 valence electrons. The highest BCUT2D eigenvalue weighted by Crippen LogP contribution is 2.29. The normalized spacial score (nSPS) is 10.1. The summed E-state index contributed by atoms with van der Waals surface area (Å²) in [6.07, 6.45) is 1.67. The van der Waals surface area contributed by atoms with Crippen molar-refractivity contribution in [2.45, 2.75) is 6.61 Å². The van der Waals surface area contributed by atoms with Crippen LogP contribution in [0.4, 0.5) is 0 Å². The molecule has 0 amide bonds. The van der Waals surface area contributed by atoms with Gasteiger partial charge < -0.3 is 14.2 Å². The van der Waals surface area contributed by atoms with Gasteiger partial charge in [0.1, 0.15) is 18.1 Å². The third-order valence-electron chi connectivity index (χ3n) is 2.56. The van der Waals surface area contributed by atoms with E-state index >= 15 is 0 Å². The quantitative estimate of drug-likeness (QED) is 0.845. The van der Waals surface area contributed by atoms with Gasteiger partial charge in [0.05, 0.1) is 14.2 Å². The van der Waals surface area contributed by atoms with Crippen LogP contribution in [-0.4, -0.2) is 19.2 Å². The Kier molecular flexibility index (Phi) is 4.63. The molecular weight excluding hydrogens is 310 g/mol. The molecule has 19 heavy (non-hydrogen) atoms. The Morgan fingerprint density at radius 2 is 1.79 bits per heavy atom. The number of halogens is 1. The number of nitrogens with zero attached hydrogens (tertiary/aromatic N) is 1. The molecule has 0 aliphatic carbocycles. The van der Waals surface area contributed by atoms with E-state index in [2.05, 4.69) is 20.9 Å². The predicted octanol–water partition coefficient (Wildman–Crippen LogP) is 3.44. The van der Waals surface area contributed by atoms with Crippen LogP contribution in [0.2, 0.25) is 0 Å². The van der Waals surface area contributed by atoms with Crippen LogP contribution in [0, 0.1) is 0 Å². The highest BCUT2D eigenvalue weighted by atomic mass is 79.9. The molecule has 0 bridgehead atoms. The number of benzene rings is 1. The van der Waals surface area contributed by atoms with Crippen LogP contribution in [0.3, 0.4) is 0 Å². The molecule has 2 rings (SSSR count). The minimum atomic E-state index is 0.321. The van der Waals surface area contributed by atoms with E-state index in [1.165, 1.54) is 0 Å². The van der Waals surface area contributed by atoms with E-state index in [9.17, 15) is 0 Å². The zero-order chi connectivity index (χ0) is 13.7. The van der Waals surface area contributed by atoms with Crippen LogP contribution in [0.5, 0.6) is 17.2 Å². The number of ether oxygens (including phenoxy) is 3. The Hall–Kier alpha value is -1.75. The Morgan fingerprint density at radius 1 is 1.05 bits per heavy atom. The molecule has 1 aromatic heterocycles. The van der Waals surface area contributed by atoms with Crippen molar-refractivity contribution in [3.8, 4) is 17.2 Å². The summed E-state index contributed by atoms with van der Waals surface area (Å²) >= 11 is 3.38. The van der Waals surface area contributed by atoms with E-state index < -0.39 is 0 Å². The van der Waals surface area contributed by atoms with E-state index in [0.29, 0.717) is 23.8 Å². The van der Waals surface area contributed by atoms with Crippen molar-refractivity contribution in [1.29, 1.82) is 0 Å². The molecule has 0 N–H and O–H groups in total. The third-order valence-corrected chi connectivity index (χ3v) is 3.08. The maximum Gasteiger partial charge on any atom is 0.185 e. The van der Waals surface area contributed by atoms with Gasteiger partial charge in [-0.05, 0) is 24.3 Å². The molecule has 5 heteroatoms. The van der Waals surface area contributed by atoms with Crippen molar-refractivity contribution in [3.05, 3.63) is 46.7 Å². The van der Waals surface area contributed by atoms with Crippen molar-refractivity contribution in [3.63, 3.8) is 0 Å². The van der Waals surface area contributed by atoms with Gasteiger partial charge in [-0.15, -0.1) is 0 Å². The second-order valence-electron chi connectivity index (χ2n) is 3.74. The van der Waals surface area contributed by atoms with Crippen LogP contribution in [0.1, 0.15) is 5.69 Å². The van der Waals surface area contributed by atoms with E-state index in [0.717, 1.165) is 10.2 Å². The monoisotopic (exact) mass is 323 g/mol. The number of aromatic nitrogens is 1. The second kappa shape index (κ2) is 6.43.